The highest BCUT2D eigenvalue weighted by molar-refractivity contribution is 7.90. The molecule has 0 bridgehead atoms. The summed E-state index contributed by atoms with van der Waals surface area (Å²) in [5.74, 6) is 0. The maximum Gasteiger partial charge on any atom is 0.175 e. The molecule has 1 aromatic carbocycles. The molecule has 3 heteroatoms. The van der Waals surface area contributed by atoms with Gasteiger partial charge in [-0.25, -0.2) is 8.42 Å². The van der Waals surface area contributed by atoms with Gasteiger partial charge in [-0.15, -0.1) is 0 Å². The molecule has 0 amide bonds. The zero-order chi connectivity index (χ0) is 12.3. The van der Waals surface area contributed by atoms with Crippen molar-refractivity contribution in [3.63, 3.8) is 0 Å². The van der Waals surface area contributed by atoms with Gasteiger partial charge in [0.25, 0.3) is 0 Å². The van der Waals surface area contributed by atoms with Crippen LogP contribution in [-0.4, -0.2) is 14.7 Å². The van der Waals surface area contributed by atoms with E-state index in [9.17, 15) is 8.42 Å². The van der Waals surface area contributed by atoms with Crippen LogP contribution in [0.3, 0.4) is 0 Å². The van der Waals surface area contributed by atoms with Gasteiger partial charge in [-0.3, -0.25) is 0 Å². The Morgan fingerprint density at radius 2 is 1.75 bits per heavy atom. The Bertz CT molecular complexity index is 473. The summed E-state index contributed by atoms with van der Waals surface area (Å²) in [4.78, 5) is 0.546. The Kier molecular flexibility index (Phi) is 4.14. The molecule has 0 saturated heterocycles. The third-order valence-electron chi connectivity index (χ3n) is 2.72. The van der Waals surface area contributed by atoms with Gasteiger partial charge in [0.1, 0.15) is 0 Å². The van der Waals surface area contributed by atoms with Crippen molar-refractivity contribution in [3.8, 4) is 0 Å². The molecule has 0 fully saturated rings. The Balaban J connectivity index is 0.000000606. The number of rotatable bonds is 1. The van der Waals surface area contributed by atoms with E-state index in [2.05, 4.69) is 6.07 Å². The molecule has 1 aliphatic carbocycles. The van der Waals surface area contributed by atoms with E-state index in [1.807, 2.05) is 20.8 Å². The first-order valence-corrected chi connectivity index (χ1v) is 7.70. The van der Waals surface area contributed by atoms with Crippen molar-refractivity contribution in [1.82, 2.24) is 0 Å². The second-order valence-corrected chi connectivity index (χ2v) is 6.01. The maximum absolute atomic E-state index is 11.5. The minimum absolute atomic E-state index is 0.546. The van der Waals surface area contributed by atoms with Crippen LogP contribution in [0.2, 0.25) is 0 Å². The minimum Gasteiger partial charge on any atom is -0.224 e. The van der Waals surface area contributed by atoms with Crippen molar-refractivity contribution in [1.29, 1.82) is 0 Å². The van der Waals surface area contributed by atoms with Crippen LogP contribution in [0.1, 0.15) is 37.0 Å². The molecule has 0 atom stereocenters. The van der Waals surface area contributed by atoms with Crippen LogP contribution in [-0.2, 0) is 22.7 Å². The zero-order valence-corrected chi connectivity index (χ0v) is 11.3. The van der Waals surface area contributed by atoms with Gasteiger partial charge >= 0.3 is 0 Å². The monoisotopic (exact) mass is 240 g/mol. The fourth-order valence-electron chi connectivity index (χ4n) is 2.15. The number of benzene rings is 1. The summed E-state index contributed by atoms with van der Waals surface area (Å²) in [5, 5.41) is 0. The molecule has 2 rings (SSSR count). The van der Waals surface area contributed by atoms with Crippen LogP contribution >= 0.6 is 0 Å². The lowest BCUT2D eigenvalue weighted by Gasteiger charge is -2.07. The fourth-order valence-corrected chi connectivity index (χ4v) is 3.23. The molecular weight excluding hydrogens is 220 g/mol. The minimum atomic E-state index is -3.05. The zero-order valence-electron chi connectivity index (χ0n) is 10.5. The van der Waals surface area contributed by atoms with Crippen LogP contribution < -0.4 is 0 Å². The SMILES string of the molecule is CC.Cc1cc2c(c(S(C)(=O)=O)c1)CCC2. The van der Waals surface area contributed by atoms with E-state index >= 15 is 0 Å². The molecule has 0 aliphatic heterocycles. The molecule has 0 N–H and O–H groups in total. The smallest absolute Gasteiger partial charge is 0.175 e. The third-order valence-corrected chi connectivity index (χ3v) is 3.88. The van der Waals surface area contributed by atoms with Crippen molar-refractivity contribution in [2.24, 2.45) is 0 Å². The van der Waals surface area contributed by atoms with Gasteiger partial charge in [0.2, 0.25) is 0 Å². The van der Waals surface area contributed by atoms with Crippen molar-refractivity contribution in [3.05, 3.63) is 28.8 Å². The summed E-state index contributed by atoms with van der Waals surface area (Å²) in [6.45, 7) is 5.95. The predicted octanol–water partition coefficient (Wildman–Crippen LogP) is 2.91. The van der Waals surface area contributed by atoms with Crippen LogP contribution in [0.15, 0.2) is 17.0 Å². The van der Waals surface area contributed by atoms with E-state index in [0.717, 1.165) is 30.4 Å². The number of sulfone groups is 1. The fraction of sp³-hybridized carbons (Fsp3) is 0.538. The van der Waals surface area contributed by atoms with Gasteiger partial charge in [-0.2, -0.15) is 0 Å². The molecule has 2 nitrogen and oxygen atoms in total. The highest BCUT2D eigenvalue weighted by Gasteiger charge is 2.20. The van der Waals surface area contributed by atoms with Crippen molar-refractivity contribution in [2.45, 2.75) is 44.9 Å². The molecule has 16 heavy (non-hydrogen) atoms. The predicted molar refractivity (Wildman–Crippen MR) is 67.7 cm³/mol. The Morgan fingerprint density at radius 1 is 1.12 bits per heavy atom. The summed E-state index contributed by atoms with van der Waals surface area (Å²) in [7, 11) is -3.05. The van der Waals surface area contributed by atoms with Crippen LogP contribution in [0, 0.1) is 6.92 Å². The molecule has 0 aromatic heterocycles. The summed E-state index contributed by atoms with van der Waals surface area (Å²) < 4.78 is 23.1. The Hall–Kier alpha value is -0.830. The largest absolute Gasteiger partial charge is 0.224 e. The topological polar surface area (TPSA) is 34.1 Å². The first kappa shape index (κ1) is 13.2. The molecule has 1 aromatic rings. The Labute approximate surface area is 98.6 Å². The van der Waals surface area contributed by atoms with Gasteiger partial charge < -0.3 is 0 Å². The number of hydrogen-bond acceptors (Lipinski definition) is 2. The van der Waals surface area contributed by atoms with Crippen LogP contribution in [0.5, 0.6) is 0 Å². The van der Waals surface area contributed by atoms with E-state index in [-0.39, 0.29) is 0 Å². The summed E-state index contributed by atoms with van der Waals surface area (Å²) in [6.07, 6.45) is 4.32. The third kappa shape index (κ3) is 2.64. The van der Waals surface area contributed by atoms with Crippen molar-refractivity contribution < 1.29 is 8.42 Å². The van der Waals surface area contributed by atoms with Gasteiger partial charge in [-0.1, -0.05) is 19.9 Å². The van der Waals surface area contributed by atoms with Gasteiger partial charge in [-0.05, 0) is 48.9 Å². The molecule has 0 saturated carbocycles. The maximum atomic E-state index is 11.5. The number of aryl methyl sites for hydroxylation is 2. The molecule has 1 aliphatic rings. The van der Waals surface area contributed by atoms with E-state index in [1.54, 1.807) is 6.07 Å². The quantitative estimate of drug-likeness (QED) is 0.756. The summed E-state index contributed by atoms with van der Waals surface area (Å²) in [5.41, 5.74) is 3.33. The average Bonchev–Trinajstić information content (AvgIpc) is 2.65. The van der Waals surface area contributed by atoms with Gasteiger partial charge in [0.15, 0.2) is 9.84 Å². The molecule has 0 spiro atoms. The van der Waals surface area contributed by atoms with Crippen molar-refractivity contribution >= 4 is 9.84 Å². The van der Waals surface area contributed by atoms with Gasteiger partial charge in [0, 0.05) is 6.26 Å². The van der Waals surface area contributed by atoms with Crippen molar-refractivity contribution in [2.75, 3.05) is 6.26 Å². The van der Waals surface area contributed by atoms with E-state index < -0.39 is 9.84 Å². The van der Waals surface area contributed by atoms with Crippen LogP contribution in [0.25, 0.3) is 0 Å². The summed E-state index contributed by atoms with van der Waals surface area (Å²) >= 11 is 0. The van der Waals surface area contributed by atoms with E-state index in [0.29, 0.717) is 4.90 Å². The molecule has 0 heterocycles. The second-order valence-electron chi connectivity index (χ2n) is 4.03. The lowest BCUT2D eigenvalue weighted by atomic mass is 10.1. The first-order chi connectivity index (χ1) is 7.48. The van der Waals surface area contributed by atoms with E-state index in [4.69, 9.17) is 0 Å². The normalized spacial score (nSPS) is 14.0. The number of fused-ring (bicyclic) bond motifs is 1. The van der Waals surface area contributed by atoms with Crippen LogP contribution in [0.4, 0.5) is 0 Å². The Morgan fingerprint density at radius 3 is 2.31 bits per heavy atom. The molecular formula is C13H20O2S. The summed E-state index contributed by atoms with van der Waals surface area (Å²) in [6, 6.07) is 3.90. The highest BCUT2D eigenvalue weighted by Crippen LogP contribution is 2.29. The second kappa shape index (κ2) is 5.00. The van der Waals surface area contributed by atoms with Gasteiger partial charge in [0.05, 0.1) is 4.90 Å². The molecule has 0 unspecified atom stereocenters. The first-order valence-electron chi connectivity index (χ1n) is 5.81. The lowest BCUT2D eigenvalue weighted by molar-refractivity contribution is 0.600. The lowest BCUT2D eigenvalue weighted by Crippen LogP contribution is -2.02. The number of hydrogen-bond donors (Lipinski definition) is 0. The standard InChI is InChI=1S/C11H14O2S.C2H6/c1-8-6-9-4-3-5-10(9)11(7-8)14(2,12)13;1-2/h6-7H,3-5H2,1-2H3;1-2H3. The van der Waals surface area contributed by atoms with E-state index in [1.165, 1.54) is 11.8 Å². The highest BCUT2D eigenvalue weighted by atomic mass is 32.2. The average molecular weight is 240 g/mol. The molecule has 0 radical (unpaired) electrons. The molecule has 90 valence electrons.